The monoisotopic (exact) mass is 235 g/mol. The largest absolute Gasteiger partial charge is 0.792 e. The van der Waals surface area contributed by atoms with Crippen LogP contribution >= 0.6 is 0 Å². The van der Waals surface area contributed by atoms with Gasteiger partial charge in [0.25, 0.3) is 0 Å². The Kier molecular flexibility index (Phi) is 9.60. The number of quaternary nitrogens is 1. The lowest BCUT2D eigenvalue weighted by atomic mass is 10.2. The summed E-state index contributed by atoms with van der Waals surface area (Å²) in [4.78, 5) is 0. The normalized spacial score (nSPS) is 12.0. The average Bonchev–Trinajstić information content (AvgIpc) is 2.24. The fourth-order valence-electron chi connectivity index (χ4n) is 1.99. The second-order valence-corrected chi connectivity index (χ2v) is 4.50. The van der Waals surface area contributed by atoms with E-state index in [2.05, 4.69) is 6.92 Å². The number of aliphatic hydroxyl groups excluding tert-OH is 2. The Labute approximate surface area is 99.1 Å². The van der Waals surface area contributed by atoms with Crippen molar-refractivity contribution in [1.29, 1.82) is 0 Å². The molecule has 4 heteroatoms. The molecule has 0 aromatic heterocycles. The zero-order valence-electron chi connectivity index (χ0n) is 9.82. The molecule has 15 heavy (non-hydrogen) atoms. The van der Waals surface area contributed by atoms with Crippen molar-refractivity contribution in [3.05, 3.63) is 0 Å². The van der Waals surface area contributed by atoms with Crippen LogP contribution in [0.1, 0.15) is 26.2 Å². The van der Waals surface area contributed by atoms with Crippen molar-refractivity contribution in [3.8, 4) is 0 Å². The predicted molar refractivity (Wildman–Crippen MR) is 65.7 cm³/mol. The van der Waals surface area contributed by atoms with E-state index in [1.165, 1.54) is 0 Å². The SMILES string of the molecule is CCCC[N+](CCO)(CCO)CCC[S-]. The summed E-state index contributed by atoms with van der Waals surface area (Å²) < 4.78 is 0.831. The first-order valence-electron chi connectivity index (χ1n) is 5.89. The van der Waals surface area contributed by atoms with Gasteiger partial charge in [-0.25, -0.2) is 0 Å². The van der Waals surface area contributed by atoms with Crippen molar-refractivity contribution in [2.24, 2.45) is 0 Å². The summed E-state index contributed by atoms with van der Waals surface area (Å²) in [5.41, 5.74) is 0. The van der Waals surface area contributed by atoms with Crippen LogP contribution < -0.4 is 0 Å². The van der Waals surface area contributed by atoms with Crippen LogP contribution in [0.2, 0.25) is 0 Å². The minimum absolute atomic E-state index is 0.196. The van der Waals surface area contributed by atoms with E-state index in [9.17, 15) is 0 Å². The zero-order valence-corrected chi connectivity index (χ0v) is 10.6. The number of nitrogens with zero attached hydrogens (tertiary/aromatic N) is 1. The highest BCUT2D eigenvalue weighted by atomic mass is 32.1. The lowest BCUT2D eigenvalue weighted by Crippen LogP contribution is -2.53. The van der Waals surface area contributed by atoms with Crippen molar-refractivity contribution >= 4 is 12.6 Å². The Morgan fingerprint density at radius 1 is 0.933 bits per heavy atom. The maximum absolute atomic E-state index is 9.10. The van der Waals surface area contributed by atoms with Crippen LogP contribution in [0.4, 0.5) is 0 Å². The summed E-state index contributed by atoms with van der Waals surface area (Å²) >= 11 is 4.97. The fraction of sp³-hybridized carbons (Fsp3) is 1.00. The van der Waals surface area contributed by atoms with Crippen molar-refractivity contribution in [2.45, 2.75) is 26.2 Å². The van der Waals surface area contributed by atoms with E-state index in [0.717, 1.165) is 55.7 Å². The molecule has 0 bridgehead atoms. The summed E-state index contributed by atoms with van der Waals surface area (Å²) in [5, 5.41) is 18.2. The molecule has 0 fully saturated rings. The van der Waals surface area contributed by atoms with Crippen LogP contribution in [0, 0.1) is 0 Å². The van der Waals surface area contributed by atoms with E-state index in [1.807, 2.05) is 0 Å². The van der Waals surface area contributed by atoms with E-state index in [0.29, 0.717) is 0 Å². The summed E-state index contributed by atoms with van der Waals surface area (Å²) in [5.74, 6) is 0.767. The van der Waals surface area contributed by atoms with Gasteiger partial charge in [0.05, 0.1) is 26.3 Å². The van der Waals surface area contributed by atoms with Gasteiger partial charge in [0, 0.05) is 0 Å². The Morgan fingerprint density at radius 3 is 1.87 bits per heavy atom. The molecule has 0 radical (unpaired) electrons. The minimum Gasteiger partial charge on any atom is -0.792 e. The second kappa shape index (κ2) is 9.46. The number of hydrogen-bond acceptors (Lipinski definition) is 3. The maximum atomic E-state index is 9.10. The lowest BCUT2D eigenvalue weighted by molar-refractivity contribution is -0.928. The third-order valence-electron chi connectivity index (χ3n) is 2.91. The molecular formula is C11H25NO2S. The average molecular weight is 235 g/mol. The van der Waals surface area contributed by atoms with Gasteiger partial charge in [-0.05, 0) is 12.8 Å². The smallest absolute Gasteiger partial charge is 0.102 e. The third kappa shape index (κ3) is 6.40. The van der Waals surface area contributed by atoms with E-state index in [4.69, 9.17) is 22.8 Å². The molecule has 3 nitrogen and oxygen atoms in total. The van der Waals surface area contributed by atoms with Crippen LogP contribution in [0.5, 0.6) is 0 Å². The molecule has 0 aromatic carbocycles. The van der Waals surface area contributed by atoms with Crippen LogP contribution in [0.3, 0.4) is 0 Å². The fourth-order valence-corrected chi connectivity index (χ4v) is 2.12. The molecule has 2 N–H and O–H groups in total. The highest BCUT2D eigenvalue weighted by Crippen LogP contribution is 2.10. The summed E-state index contributed by atoms with van der Waals surface area (Å²) in [6.07, 6.45) is 3.31. The molecule has 0 spiro atoms. The van der Waals surface area contributed by atoms with E-state index < -0.39 is 0 Å². The van der Waals surface area contributed by atoms with Crippen molar-refractivity contribution in [1.82, 2.24) is 0 Å². The van der Waals surface area contributed by atoms with Gasteiger partial charge in [-0.3, -0.25) is 0 Å². The molecule has 0 unspecified atom stereocenters. The maximum Gasteiger partial charge on any atom is 0.102 e. The second-order valence-electron chi connectivity index (χ2n) is 4.09. The third-order valence-corrected chi connectivity index (χ3v) is 3.20. The highest BCUT2D eigenvalue weighted by Gasteiger charge is 2.24. The van der Waals surface area contributed by atoms with Gasteiger partial charge in [0.2, 0.25) is 0 Å². The van der Waals surface area contributed by atoms with E-state index in [1.54, 1.807) is 0 Å². The first-order chi connectivity index (χ1) is 7.24. The molecule has 92 valence electrons. The van der Waals surface area contributed by atoms with Crippen molar-refractivity contribution < 1.29 is 14.7 Å². The van der Waals surface area contributed by atoms with Gasteiger partial charge >= 0.3 is 0 Å². The summed E-state index contributed by atoms with van der Waals surface area (Å²) in [7, 11) is 0. The number of rotatable bonds is 10. The van der Waals surface area contributed by atoms with Crippen molar-refractivity contribution in [3.63, 3.8) is 0 Å². The molecule has 0 amide bonds. The quantitative estimate of drug-likeness (QED) is 0.428. The summed E-state index contributed by atoms with van der Waals surface area (Å²) in [6.45, 7) is 6.09. The molecule has 0 aliphatic rings. The lowest BCUT2D eigenvalue weighted by Gasteiger charge is -2.38. The van der Waals surface area contributed by atoms with E-state index in [-0.39, 0.29) is 13.2 Å². The molecule has 0 heterocycles. The van der Waals surface area contributed by atoms with Gasteiger partial charge in [-0.1, -0.05) is 13.3 Å². The summed E-state index contributed by atoms with van der Waals surface area (Å²) in [6, 6.07) is 0. The Balaban J connectivity index is 4.26. The van der Waals surface area contributed by atoms with Crippen LogP contribution in [0.25, 0.3) is 0 Å². The molecule has 0 aliphatic heterocycles. The molecule has 0 aromatic rings. The van der Waals surface area contributed by atoms with Gasteiger partial charge in [0.1, 0.15) is 13.1 Å². The number of unbranched alkanes of at least 4 members (excludes halogenated alkanes) is 1. The number of aliphatic hydroxyl groups is 2. The van der Waals surface area contributed by atoms with Gasteiger partial charge < -0.3 is 27.3 Å². The number of hydrogen-bond donors (Lipinski definition) is 2. The Hall–Kier alpha value is 0.230. The molecule has 0 atom stereocenters. The predicted octanol–water partition coefficient (Wildman–Crippen LogP) is 0.525. The van der Waals surface area contributed by atoms with Crippen molar-refractivity contribution in [2.75, 3.05) is 45.1 Å². The van der Waals surface area contributed by atoms with Crippen LogP contribution in [0.15, 0.2) is 0 Å². The van der Waals surface area contributed by atoms with E-state index >= 15 is 0 Å². The van der Waals surface area contributed by atoms with Gasteiger partial charge in [-0.15, -0.1) is 0 Å². The first-order valence-corrected chi connectivity index (χ1v) is 6.47. The topological polar surface area (TPSA) is 40.5 Å². The standard InChI is InChI=1S/C11H25NO2S/c1-2-3-5-12(7-9-13,8-10-14)6-4-11-15/h13-14H,2-11H2,1H3. The molecule has 0 saturated heterocycles. The zero-order chi connectivity index (χ0) is 11.6. The molecule has 0 aliphatic carbocycles. The highest BCUT2D eigenvalue weighted by molar-refractivity contribution is 7.58. The van der Waals surface area contributed by atoms with Gasteiger partial charge in [0.15, 0.2) is 0 Å². The van der Waals surface area contributed by atoms with Gasteiger partial charge in [-0.2, -0.15) is 5.75 Å². The minimum atomic E-state index is 0.196. The Bertz CT molecular complexity index is 129. The first kappa shape index (κ1) is 15.2. The molecular weight excluding hydrogens is 210 g/mol. The molecule has 0 rings (SSSR count). The Morgan fingerprint density at radius 2 is 1.47 bits per heavy atom. The van der Waals surface area contributed by atoms with Crippen LogP contribution in [-0.4, -0.2) is 59.8 Å². The van der Waals surface area contributed by atoms with Crippen LogP contribution in [-0.2, 0) is 12.6 Å². The molecule has 0 saturated carbocycles.